The van der Waals surface area contributed by atoms with Gasteiger partial charge in [0.2, 0.25) is 12.3 Å². The number of rotatable bonds is 3. The second-order valence-corrected chi connectivity index (χ2v) is 6.42. The number of halogens is 2. The van der Waals surface area contributed by atoms with Crippen molar-refractivity contribution >= 4 is 5.91 Å². The van der Waals surface area contributed by atoms with E-state index in [2.05, 4.69) is 5.32 Å². The fourth-order valence-electron chi connectivity index (χ4n) is 4.07. The van der Waals surface area contributed by atoms with Gasteiger partial charge < -0.3 is 5.32 Å². The standard InChI is InChI=1S/C15H15F2NO/c16-13(17)14-6-15(7-14,8-14)18-12(19)11-5-9-3-1-2-4-10(9)11/h1-4,11,13H,5-8H2,(H,18,19). The first kappa shape index (κ1) is 11.4. The summed E-state index contributed by atoms with van der Waals surface area (Å²) >= 11 is 0. The van der Waals surface area contributed by atoms with Crippen molar-refractivity contribution in [1.82, 2.24) is 5.32 Å². The number of alkyl halides is 2. The third kappa shape index (κ3) is 1.37. The maximum absolute atomic E-state index is 12.7. The van der Waals surface area contributed by atoms with Crippen LogP contribution in [0.3, 0.4) is 0 Å². The normalized spacial score (nSPS) is 37.7. The number of nitrogens with one attached hydrogen (secondary N) is 1. The van der Waals surface area contributed by atoms with E-state index in [4.69, 9.17) is 0 Å². The summed E-state index contributed by atoms with van der Waals surface area (Å²) in [5.41, 5.74) is 1.24. The van der Waals surface area contributed by atoms with E-state index < -0.39 is 11.8 Å². The Balaban J connectivity index is 1.41. The minimum absolute atomic E-state index is 0.0151. The Bertz CT molecular complexity index is 549. The maximum Gasteiger partial charge on any atom is 0.244 e. The molecule has 1 unspecified atom stereocenters. The highest BCUT2D eigenvalue weighted by Crippen LogP contribution is 2.69. The van der Waals surface area contributed by atoms with Crippen LogP contribution in [-0.4, -0.2) is 17.9 Å². The largest absolute Gasteiger partial charge is 0.350 e. The molecule has 1 aromatic rings. The van der Waals surface area contributed by atoms with Gasteiger partial charge in [-0.25, -0.2) is 8.78 Å². The van der Waals surface area contributed by atoms with Crippen molar-refractivity contribution in [2.75, 3.05) is 0 Å². The second kappa shape index (κ2) is 3.35. The molecule has 3 fully saturated rings. The lowest BCUT2D eigenvalue weighted by Gasteiger charge is -2.70. The zero-order valence-electron chi connectivity index (χ0n) is 10.5. The maximum atomic E-state index is 12.7. The zero-order valence-corrected chi connectivity index (χ0v) is 10.5. The summed E-state index contributed by atoms with van der Waals surface area (Å²) in [4.78, 5) is 12.2. The predicted octanol–water partition coefficient (Wildman–Crippen LogP) is 2.63. The Morgan fingerprint density at radius 1 is 1.26 bits per heavy atom. The molecular formula is C15H15F2NO. The number of benzene rings is 1. The molecule has 4 aliphatic rings. The van der Waals surface area contributed by atoms with E-state index in [1.165, 1.54) is 5.56 Å². The SMILES string of the molecule is O=C(NC12CC(C(F)F)(C1)C2)C1Cc2ccccc21. The molecule has 0 aromatic heterocycles. The van der Waals surface area contributed by atoms with Crippen LogP contribution in [0.4, 0.5) is 8.78 Å². The minimum atomic E-state index is -2.24. The first-order valence-corrected chi connectivity index (χ1v) is 6.72. The van der Waals surface area contributed by atoms with E-state index in [1.807, 2.05) is 24.3 Å². The van der Waals surface area contributed by atoms with Gasteiger partial charge in [-0.15, -0.1) is 0 Å². The Kier molecular flexibility index (Phi) is 2.01. The molecule has 2 nitrogen and oxygen atoms in total. The van der Waals surface area contributed by atoms with E-state index in [9.17, 15) is 13.6 Å². The molecule has 5 rings (SSSR count). The smallest absolute Gasteiger partial charge is 0.244 e. The summed E-state index contributed by atoms with van der Waals surface area (Å²) < 4.78 is 25.5. The second-order valence-electron chi connectivity index (χ2n) is 6.42. The number of hydrogen-bond acceptors (Lipinski definition) is 1. The van der Waals surface area contributed by atoms with E-state index >= 15 is 0 Å². The summed E-state index contributed by atoms with van der Waals surface area (Å²) in [7, 11) is 0. The Morgan fingerprint density at radius 2 is 1.95 bits per heavy atom. The lowest BCUT2D eigenvalue weighted by atomic mass is 9.39. The first-order chi connectivity index (χ1) is 9.04. The monoisotopic (exact) mass is 263 g/mol. The van der Waals surface area contributed by atoms with Crippen molar-refractivity contribution in [2.45, 2.75) is 43.6 Å². The molecule has 4 aliphatic carbocycles. The van der Waals surface area contributed by atoms with Gasteiger partial charge in [0, 0.05) is 11.0 Å². The molecule has 3 saturated carbocycles. The molecule has 0 saturated heterocycles. The predicted molar refractivity (Wildman–Crippen MR) is 66.0 cm³/mol. The van der Waals surface area contributed by atoms with Crippen molar-refractivity contribution in [3.05, 3.63) is 35.4 Å². The molecule has 1 aromatic carbocycles. The van der Waals surface area contributed by atoms with Gasteiger partial charge in [-0.1, -0.05) is 24.3 Å². The van der Waals surface area contributed by atoms with Crippen LogP contribution < -0.4 is 5.32 Å². The van der Waals surface area contributed by atoms with Crippen molar-refractivity contribution in [1.29, 1.82) is 0 Å². The van der Waals surface area contributed by atoms with Gasteiger partial charge in [0.05, 0.1) is 5.92 Å². The zero-order chi connectivity index (χ0) is 13.3. The summed E-state index contributed by atoms with van der Waals surface area (Å²) in [6.45, 7) is 0. The van der Waals surface area contributed by atoms with E-state index in [0.29, 0.717) is 19.3 Å². The number of carbonyl (C=O) groups is 1. The Morgan fingerprint density at radius 3 is 2.58 bits per heavy atom. The number of amides is 1. The summed E-state index contributed by atoms with van der Waals surface area (Å²) in [5, 5.41) is 3.01. The molecular weight excluding hydrogens is 248 g/mol. The van der Waals surface area contributed by atoms with Crippen molar-refractivity contribution < 1.29 is 13.6 Å². The van der Waals surface area contributed by atoms with Crippen LogP contribution in [0.15, 0.2) is 24.3 Å². The Hall–Kier alpha value is -1.45. The molecule has 0 spiro atoms. The van der Waals surface area contributed by atoms with E-state index in [0.717, 1.165) is 12.0 Å². The van der Waals surface area contributed by atoms with Gasteiger partial charge in [-0.05, 0) is 36.8 Å². The van der Waals surface area contributed by atoms with Crippen molar-refractivity contribution in [2.24, 2.45) is 5.41 Å². The summed E-state index contributed by atoms with van der Waals surface area (Å²) in [5.74, 6) is -0.0611. The van der Waals surface area contributed by atoms with Gasteiger partial charge in [0.1, 0.15) is 0 Å². The highest BCUT2D eigenvalue weighted by molar-refractivity contribution is 5.87. The number of fused-ring (bicyclic) bond motifs is 1. The molecule has 0 heterocycles. The van der Waals surface area contributed by atoms with E-state index in [1.54, 1.807) is 0 Å². The van der Waals surface area contributed by atoms with Crippen LogP contribution in [0, 0.1) is 5.41 Å². The minimum Gasteiger partial charge on any atom is -0.350 e. The fourth-order valence-corrected chi connectivity index (χ4v) is 4.07. The average Bonchev–Trinajstić information content (AvgIpc) is 2.22. The van der Waals surface area contributed by atoms with Crippen LogP contribution in [0.2, 0.25) is 0 Å². The Labute approximate surface area is 110 Å². The third-order valence-corrected chi connectivity index (χ3v) is 5.09. The van der Waals surface area contributed by atoms with Crippen LogP contribution in [0.25, 0.3) is 0 Å². The van der Waals surface area contributed by atoms with Crippen LogP contribution >= 0.6 is 0 Å². The van der Waals surface area contributed by atoms with Gasteiger partial charge in [-0.3, -0.25) is 4.79 Å². The molecule has 100 valence electrons. The highest BCUT2D eigenvalue weighted by Gasteiger charge is 2.72. The lowest BCUT2D eigenvalue weighted by Crippen LogP contribution is -2.77. The highest BCUT2D eigenvalue weighted by atomic mass is 19.3. The first-order valence-electron chi connectivity index (χ1n) is 6.72. The molecule has 19 heavy (non-hydrogen) atoms. The lowest BCUT2D eigenvalue weighted by molar-refractivity contribution is -0.228. The van der Waals surface area contributed by atoms with Crippen LogP contribution in [0.1, 0.15) is 36.3 Å². The quantitative estimate of drug-likeness (QED) is 0.892. The van der Waals surface area contributed by atoms with Crippen molar-refractivity contribution in [3.63, 3.8) is 0 Å². The molecule has 1 amide bonds. The van der Waals surface area contributed by atoms with Crippen LogP contribution in [0.5, 0.6) is 0 Å². The fraction of sp³-hybridized carbons (Fsp3) is 0.533. The van der Waals surface area contributed by atoms with E-state index in [-0.39, 0.29) is 17.4 Å². The molecule has 1 N–H and O–H groups in total. The molecule has 0 aliphatic heterocycles. The van der Waals surface area contributed by atoms with Crippen LogP contribution in [-0.2, 0) is 11.2 Å². The summed E-state index contributed by atoms with van der Waals surface area (Å²) in [6, 6.07) is 7.92. The topological polar surface area (TPSA) is 29.1 Å². The molecule has 4 heteroatoms. The van der Waals surface area contributed by atoms with Gasteiger partial charge in [0.15, 0.2) is 0 Å². The average molecular weight is 263 g/mol. The summed E-state index contributed by atoms with van der Waals surface area (Å²) in [6.07, 6.45) is -0.0958. The van der Waals surface area contributed by atoms with Gasteiger partial charge in [-0.2, -0.15) is 0 Å². The molecule has 2 bridgehead atoms. The molecule has 0 radical (unpaired) electrons. The number of carbonyl (C=O) groups excluding carboxylic acids is 1. The number of hydrogen-bond donors (Lipinski definition) is 1. The van der Waals surface area contributed by atoms with Crippen molar-refractivity contribution in [3.8, 4) is 0 Å². The third-order valence-electron chi connectivity index (χ3n) is 5.09. The van der Waals surface area contributed by atoms with Gasteiger partial charge >= 0.3 is 0 Å². The van der Waals surface area contributed by atoms with Gasteiger partial charge in [0.25, 0.3) is 0 Å². The molecule has 1 atom stereocenters.